The van der Waals surface area contributed by atoms with Crippen LogP contribution in [0.25, 0.3) is 10.8 Å². The second-order valence-electron chi connectivity index (χ2n) is 4.51. The molecule has 106 valence electrons. The summed E-state index contributed by atoms with van der Waals surface area (Å²) in [6, 6.07) is 6.76. The Morgan fingerprint density at radius 1 is 1.45 bits per heavy atom. The number of sulfonamides is 1. The summed E-state index contributed by atoms with van der Waals surface area (Å²) in [6.07, 6.45) is 3.20. The molecule has 0 amide bonds. The first-order valence-electron chi connectivity index (χ1n) is 6.03. The van der Waals surface area contributed by atoms with Gasteiger partial charge < -0.3 is 5.73 Å². The summed E-state index contributed by atoms with van der Waals surface area (Å²) in [5.74, 6) is -0.198. The minimum atomic E-state index is -3.61. The van der Waals surface area contributed by atoms with E-state index in [0.717, 1.165) is 5.39 Å². The number of hydrogen-bond acceptors (Lipinski definition) is 4. The highest BCUT2D eigenvalue weighted by Gasteiger charge is 2.18. The predicted octanol–water partition coefficient (Wildman–Crippen LogP) is 1.44. The Labute approximate surface area is 123 Å². The minimum absolute atomic E-state index is 0.180. The third-order valence-electron chi connectivity index (χ3n) is 3.00. The SMILES string of the molecule is CC(CNS(=O)(=O)c1cccc2cnccc12)C(N)=S. The van der Waals surface area contributed by atoms with Crippen LogP contribution in [0, 0.1) is 5.92 Å². The zero-order valence-electron chi connectivity index (χ0n) is 10.9. The topological polar surface area (TPSA) is 85.1 Å². The average Bonchev–Trinajstić information content (AvgIpc) is 2.44. The summed E-state index contributed by atoms with van der Waals surface area (Å²) in [6.45, 7) is 1.96. The van der Waals surface area contributed by atoms with Gasteiger partial charge in [-0.1, -0.05) is 31.3 Å². The van der Waals surface area contributed by atoms with Crippen LogP contribution in [0.15, 0.2) is 41.6 Å². The van der Waals surface area contributed by atoms with E-state index in [9.17, 15) is 8.42 Å². The molecule has 0 bridgehead atoms. The Balaban J connectivity index is 2.35. The molecule has 1 unspecified atom stereocenters. The molecule has 0 saturated carbocycles. The molecule has 1 heterocycles. The predicted molar refractivity (Wildman–Crippen MR) is 82.9 cm³/mol. The maximum absolute atomic E-state index is 12.4. The summed E-state index contributed by atoms with van der Waals surface area (Å²) >= 11 is 4.83. The maximum atomic E-state index is 12.4. The monoisotopic (exact) mass is 309 g/mol. The van der Waals surface area contributed by atoms with Gasteiger partial charge in [0.05, 0.1) is 9.88 Å². The van der Waals surface area contributed by atoms with E-state index in [-0.39, 0.29) is 22.3 Å². The van der Waals surface area contributed by atoms with Crippen molar-refractivity contribution in [3.63, 3.8) is 0 Å². The van der Waals surface area contributed by atoms with Gasteiger partial charge in [-0.2, -0.15) is 0 Å². The van der Waals surface area contributed by atoms with Crippen LogP contribution in [0.3, 0.4) is 0 Å². The molecule has 1 atom stereocenters. The minimum Gasteiger partial charge on any atom is -0.393 e. The van der Waals surface area contributed by atoms with E-state index in [2.05, 4.69) is 9.71 Å². The van der Waals surface area contributed by atoms with Gasteiger partial charge in [0, 0.05) is 35.6 Å². The molecule has 2 aromatic rings. The standard InChI is InChI=1S/C13H15N3O2S2/c1-9(13(14)19)7-16-20(17,18)12-4-2-3-10-8-15-6-5-11(10)12/h2-6,8-9,16H,7H2,1H3,(H2,14,19). The summed E-state index contributed by atoms with van der Waals surface area (Å²) < 4.78 is 27.2. The first kappa shape index (κ1) is 14.8. The number of aromatic nitrogens is 1. The number of nitrogens with two attached hydrogens (primary N) is 1. The van der Waals surface area contributed by atoms with Crippen molar-refractivity contribution >= 4 is 38.0 Å². The quantitative estimate of drug-likeness (QED) is 0.816. The van der Waals surface area contributed by atoms with E-state index in [1.54, 1.807) is 37.5 Å². The van der Waals surface area contributed by atoms with Crippen molar-refractivity contribution < 1.29 is 8.42 Å². The molecule has 0 radical (unpaired) electrons. The van der Waals surface area contributed by atoms with E-state index in [1.165, 1.54) is 0 Å². The van der Waals surface area contributed by atoms with E-state index in [4.69, 9.17) is 18.0 Å². The summed E-state index contributed by atoms with van der Waals surface area (Å²) in [5.41, 5.74) is 5.48. The molecule has 5 nitrogen and oxygen atoms in total. The fraction of sp³-hybridized carbons (Fsp3) is 0.231. The Bertz CT molecular complexity index is 739. The largest absolute Gasteiger partial charge is 0.393 e. The number of pyridine rings is 1. The van der Waals surface area contributed by atoms with Gasteiger partial charge in [0.25, 0.3) is 0 Å². The molecule has 0 aliphatic heterocycles. The van der Waals surface area contributed by atoms with Gasteiger partial charge in [0.15, 0.2) is 0 Å². The molecule has 7 heteroatoms. The molecule has 1 aromatic carbocycles. The maximum Gasteiger partial charge on any atom is 0.241 e. The summed E-state index contributed by atoms with van der Waals surface area (Å²) in [7, 11) is -3.61. The number of fused-ring (bicyclic) bond motifs is 1. The lowest BCUT2D eigenvalue weighted by Crippen LogP contribution is -2.33. The smallest absolute Gasteiger partial charge is 0.241 e. The van der Waals surface area contributed by atoms with Gasteiger partial charge >= 0.3 is 0 Å². The number of hydrogen-bond donors (Lipinski definition) is 2. The first-order chi connectivity index (χ1) is 9.42. The van der Waals surface area contributed by atoms with Crippen molar-refractivity contribution in [2.75, 3.05) is 6.54 Å². The van der Waals surface area contributed by atoms with Crippen LogP contribution in [0.4, 0.5) is 0 Å². The highest BCUT2D eigenvalue weighted by molar-refractivity contribution is 7.89. The van der Waals surface area contributed by atoms with Crippen molar-refractivity contribution in [3.05, 3.63) is 36.7 Å². The molecule has 20 heavy (non-hydrogen) atoms. The number of thiocarbonyl (C=S) groups is 1. The number of rotatable bonds is 5. The Morgan fingerprint density at radius 3 is 2.90 bits per heavy atom. The van der Waals surface area contributed by atoms with E-state index in [1.807, 2.05) is 6.07 Å². The lowest BCUT2D eigenvalue weighted by molar-refractivity contribution is 0.576. The van der Waals surface area contributed by atoms with Gasteiger partial charge in [-0.3, -0.25) is 4.98 Å². The lowest BCUT2D eigenvalue weighted by Gasteiger charge is -2.12. The van der Waals surface area contributed by atoms with Crippen LogP contribution in [0.5, 0.6) is 0 Å². The van der Waals surface area contributed by atoms with Crippen molar-refractivity contribution in [1.82, 2.24) is 9.71 Å². The molecule has 1 aromatic heterocycles. The number of nitrogens with one attached hydrogen (secondary N) is 1. The van der Waals surface area contributed by atoms with Crippen molar-refractivity contribution in [1.29, 1.82) is 0 Å². The van der Waals surface area contributed by atoms with Crippen LogP contribution in [-0.4, -0.2) is 24.9 Å². The number of nitrogens with zero attached hydrogens (tertiary/aromatic N) is 1. The Hall–Kier alpha value is -1.57. The third kappa shape index (κ3) is 3.12. The molecule has 0 fully saturated rings. The van der Waals surface area contributed by atoms with Gasteiger partial charge in [-0.25, -0.2) is 13.1 Å². The number of benzene rings is 1. The Kier molecular flexibility index (Phi) is 4.32. The van der Waals surface area contributed by atoms with E-state index in [0.29, 0.717) is 5.39 Å². The third-order valence-corrected chi connectivity index (χ3v) is 4.88. The fourth-order valence-corrected chi connectivity index (χ4v) is 3.18. The second kappa shape index (κ2) is 5.82. The fourth-order valence-electron chi connectivity index (χ4n) is 1.74. The molecule has 0 spiro atoms. The molecular formula is C13H15N3O2S2. The van der Waals surface area contributed by atoms with Gasteiger partial charge in [-0.15, -0.1) is 0 Å². The van der Waals surface area contributed by atoms with Crippen LogP contribution in [-0.2, 0) is 10.0 Å². The van der Waals surface area contributed by atoms with Gasteiger partial charge in [-0.05, 0) is 12.1 Å². The lowest BCUT2D eigenvalue weighted by atomic mass is 10.2. The van der Waals surface area contributed by atoms with Gasteiger partial charge in [0.2, 0.25) is 10.0 Å². The summed E-state index contributed by atoms with van der Waals surface area (Å²) in [5, 5.41) is 1.41. The van der Waals surface area contributed by atoms with Gasteiger partial charge in [0.1, 0.15) is 0 Å². The first-order valence-corrected chi connectivity index (χ1v) is 7.92. The van der Waals surface area contributed by atoms with Crippen molar-refractivity contribution in [2.24, 2.45) is 11.7 Å². The molecule has 0 aliphatic carbocycles. The second-order valence-corrected chi connectivity index (χ2v) is 6.72. The highest BCUT2D eigenvalue weighted by atomic mass is 32.2. The van der Waals surface area contributed by atoms with E-state index < -0.39 is 10.0 Å². The van der Waals surface area contributed by atoms with Crippen molar-refractivity contribution in [3.8, 4) is 0 Å². The zero-order chi connectivity index (χ0) is 14.8. The Morgan fingerprint density at radius 2 is 2.20 bits per heavy atom. The molecule has 0 aliphatic rings. The molecule has 2 rings (SSSR count). The van der Waals surface area contributed by atoms with Crippen LogP contribution in [0.2, 0.25) is 0 Å². The zero-order valence-corrected chi connectivity index (χ0v) is 12.5. The molecule has 0 saturated heterocycles. The normalized spacial score (nSPS) is 13.2. The average molecular weight is 309 g/mol. The van der Waals surface area contributed by atoms with Crippen LogP contribution in [0.1, 0.15) is 6.92 Å². The van der Waals surface area contributed by atoms with Crippen molar-refractivity contribution in [2.45, 2.75) is 11.8 Å². The molecular weight excluding hydrogens is 294 g/mol. The highest BCUT2D eigenvalue weighted by Crippen LogP contribution is 2.21. The summed E-state index contributed by atoms with van der Waals surface area (Å²) in [4.78, 5) is 4.50. The van der Waals surface area contributed by atoms with E-state index >= 15 is 0 Å². The molecule has 3 N–H and O–H groups in total. The van der Waals surface area contributed by atoms with Crippen LogP contribution < -0.4 is 10.5 Å². The van der Waals surface area contributed by atoms with Crippen LogP contribution >= 0.6 is 12.2 Å².